The highest BCUT2D eigenvalue weighted by atomic mass is 16.3. The van der Waals surface area contributed by atoms with Crippen molar-refractivity contribution in [1.29, 1.82) is 0 Å². The number of hydrogen-bond acceptors (Lipinski definition) is 3. The van der Waals surface area contributed by atoms with E-state index < -0.39 is 5.91 Å². The van der Waals surface area contributed by atoms with Gasteiger partial charge in [-0.3, -0.25) is 4.79 Å². The molecule has 1 amide bonds. The molecule has 18 heavy (non-hydrogen) atoms. The molecule has 0 atom stereocenters. The summed E-state index contributed by atoms with van der Waals surface area (Å²) < 4.78 is 5.16. The van der Waals surface area contributed by atoms with Gasteiger partial charge in [0, 0.05) is 6.04 Å². The Morgan fingerprint density at radius 1 is 1.44 bits per heavy atom. The fourth-order valence-electron chi connectivity index (χ4n) is 2.08. The lowest BCUT2D eigenvalue weighted by atomic mass is 10.2. The van der Waals surface area contributed by atoms with Gasteiger partial charge in [-0.15, -0.1) is 0 Å². The number of primary amides is 1. The number of nitrogens with one attached hydrogen (secondary N) is 1. The van der Waals surface area contributed by atoms with Gasteiger partial charge < -0.3 is 21.2 Å². The molecule has 1 aliphatic carbocycles. The molecule has 0 aliphatic heterocycles. The van der Waals surface area contributed by atoms with Crippen molar-refractivity contribution in [3.8, 4) is 0 Å². The fourth-order valence-corrected chi connectivity index (χ4v) is 2.08. The monoisotopic (exact) mass is 250 g/mol. The molecule has 1 heterocycles. The second-order valence-electron chi connectivity index (χ2n) is 4.49. The molecule has 1 fully saturated rings. The van der Waals surface area contributed by atoms with Gasteiger partial charge in [0.25, 0.3) is 5.91 Å². The largest absolute Gasteiger partial charge is 0.467 e. The fraction of sp³-hybridized carbons (Fsp3) is 0.500. The van der Waals surface area contributed by atoms with Gasteiger partial charge in [-0.1, -0.05) is 12.8 Å². The van der Waals surface area contributed by atoms with Crippen LogP contribution in [0.4, 0.5) is 0 Å². The third kappa shape index (κ3) is 3.26. The minimum atomic E-state index is -0.508. The lowest BCUT2D eigenvalue weighted by Gasteiger charge is -2.11. The number of amides is 1. The molecule has 1 aromatic rings. The van der Waals surface area contributed by atoms with Crippen LogP contribution in [0, 0.1) is 0 Å². The molecule has 2 rings (SSSR count). The van der Waals surface area contributed by atoms with Crippen LogP contribution in [-0.2, 0) is 6.54 Å². The van der Waals surface area contributed by atoms with Gasteiger partial charge in [-0.25, -0.2) is 4.99 Å². The average molecular weight is 250 g/mol. The Morgan fingerprint density at radius 3 is 2.78 bits per heavy atom. The van der Waals surface area contributed by atoms with Gasteiger partial charge >= 0.3 is 0 Å². The van der Waals surface area contributed by atoms with E-state index in [0.29, 0.717) is 29.9 Å². The second-order valence-corrected chi connectivity index (χ2v) is 4.49. The maximum Gasteiger partial charge on any atom is 0.251 e. The van der Waals surface area contributed by atoms with E-state index in [1.165, 1.54) is 19.1 Å². The predicted molar refractivity (Wildman–Crippen MR) is 67.9 cm³/mol. The van der Waals surface area contributed by atoms with Gasteiger partial charge in [-0.05, 0) is 18.9 Å². The Hall–Kier alpha value is -1.98. The van der Waals surface area contributed by atoms with Crippen molar-refractivity contribution in [3.05, 3.63) is 23.7 Å². The first-order chi connectivity index (χ1) is 8.65. The minimum absolute atomic E-state index is 0.304. The number of rotatable bonds is 4. The van der Waals surface area contributed by atoms with E-state index in [4.69, 9.17) is 15.9 Å². The van der Waals surface area contributed by atoms with Crippen molar-refractivity contribution >= 4 is 11.9 Å². The van der Waals surface area contributed by atoms with Crippen molar-refractivity contribution in [2.24, 2.45) is 16.5 Å². The summed E-state index contributed by atoms with van der Waals surface area (Å²) in [7, 11) is 0. The lowest BCUT2D eigenvalue weighted by molar-refractivity contribution is 0.0999. The number of guanidine groups is 1. The van der Waals surface area contributed by atoms with E-state index in [1.807, 2.05) is 0 Å². The van der Waals surface area contributed by atoms with Crippen LogP contribution in [0.5, 0.6) is 0 Å². The molecule has 0 unspecified atom stereocenters. The van der Waals surface area contributed by atoms with Gasteiger partial charge in [0.1, 0.15) is 18.6 Å². The first kappa shape index (κ1) is 12.5. The molecule has 1 aromatic heterocycles. The molecule has 0 saturated heterocycles. The number of nitrogens with zero attached hydrogens (tertiary/aromatic N) is 1. The third-order valence-electron chi connectivity index (χ3n) is 3.05. The van der Waals surface area contributed by atoms with Crippen LogP contribution in [0.3, 0.4) is 0 Å². The molecule has 0 spiro atoms. The quantitative estimate of drug-likeness (QED) is 0.540. The minimum Gasteiger partial charge on any atom is -0.467 e. The number of carbonyl (C=O) groups is 1. The van der Waals surface area contributed by atoms with Gasteiger partial charge in [0.15, 0.2) is 5.96 Å². The Bertz CT molecular complexity index is 447. The molecule has 6 nitrogen and oxygen atoms in total. The second kappa shape index (κ2) is 5.57. The predicted octanol–water partition coefficient (Wildman–Crippen LogP) is 0.725. The van der Waals surface area contributed by atoms with Crippen LogP contribution in [0.2, 0.25) is 0 Å². The molecule has 0 radical (unpaired) electrons. The van der Waals surface area contributed by atoms with Crippen molar-refractivity contribution in [2.45, 2.75) is 38.3 Å². The number of aliphatic imine (C=N–C) groups is 1. The molecule has 0 aromatic carbocycles. The Kier molecular flexibility index (Phi) is 3.86. The molecule has 0 bridgehead atoms. The first-order valence-electron chi connectivity index (χ1n) is 6.09. The van der Waals surface area contributed by atoms with Crippen LogP contribution >= 0.6 is 0 Å². The Labute approximate surface area is 105 Å². The molecule has 98 valence electrons. The SMILES string of the molecule is NC(=O)c1coc(CN=C(N)NC2CCCC2)c1. The van der Waals surface area contributed by atoms with Crippen molar-refractivity contribution < 1.29 is 9.21 Å². The molecule has 5 N–H and O–H groups in total. The van der Waals surface area contributed by atoms with Crippen LogP contribution in [0.25, 0.3) is 0 Å². The molecule has 1 aliphatic rings. The summed E-state index contributed by atoms with van der Waals surface area (Å²) in [6, 6.07) is 2.01. The van der Waals surface area contributed by atoms with Crippen LogP contribution < -0.4 is 16.8 Å². The summed E-state index contributed by atoms with van der Waals surface area (Å²) in [5.41, 5.74) is 11.2. The summed E-state index contributed by atoms with van der Waals surface area (Å²) in [5, 5.41) is 3.17. The lowest BCUT2D eigenvalue weighted by Crippen LogP contribution is -2.38. The molecular formula is C12H18N4O2. The van der Waals surface area contributed by atoms with Crippen LogP contribution in [0.15, 0.2) is 21.7 Å². The maximum atomic E-state index is 10.9. The zero-order chi connectivity index (χ0) is 13.0. The maximum absolute atomic E-state index is 10.9. The van der Waals surface area contributed by atoms with E-state index in [2.05, 4.69) is 10.3 Å². The summed E-state index contributed by atoms with van der Waals surface area (Å²) in [4.78, 5) is 15.0. The molecule has 6 heteroatoms. The van der Waals surface area contributed by atoms with E-state index >= 15 is 0 Å². The number of carbonyl (C=O) groups excluding carboxylic acids is 1. The smallest absolute Gasteiger partial charge is 0.251 e. The van der Waals surface area contributed by atoms with Crippen LogP contribution in [0.1, 0.15) is 41.8 Å². The van der Waals surface area contributed by atoms with Gasteiger partial charge in [0.05, 0.1) is 5.56 Å². The van der Waals surface area contributed by atoms with E-state index in [1.54, 1.807) is 6.07 Å². The number of furan rings is 1. The Balaban J connectivity index is 1.86. The molecule has 1 saturated carbocycles. The summed E-state index contributed by atoms with van der Waals surface area (Å²) >= 11 is 0. The van der Waals surface area contributed by atoms with Crippen molar-refractivity contribution in [2.75, 3.05) is 0 Å². The van der Waals surface area contributed by atoms with Gasteiger partial charge in [0.2, 0.25) is 0 Å². The van der Waals surface area contributed by atoms with Crippen molar-refractivity contribution in [3.63, 3.8) is 0 Å². The summed E-state index contributed by atoms with van der Waals surface area (Å²) in [6.45, 7) is 0.304. The number of nitrogens with two attached hydrogens (primary N) is 2. The normalized spacial score (nSPS) is 17.0. The summed E-state index contributed by atoms with van der Waals surface area (Å²) in [5.74, 6) is 0.477. The highest BCUT2D eigenvalue weighted by Crippen LogP contribution is 2.17. The summed E-state index contributed by atoms with van der Waals surface area (Å²) in [6.07, 6.45) is 6.09. The zero-order valence-corrected chi connectivity index (χ0v) is 10.2. The standard InChI is InChI=1S/C12H18N4O2/c13-11(17)8-5-10(18-7-8)6-15-12(14)16-9-3-1-2-4-9/h5,7,9H,1-4,6H2,(H2,13,17)(H3,14,15,16). The van der Waals surface area contributed by atoms with Crippen LogP contribution in [-0.4, -0.2) is 17.9 Å². The highest BCUT2D eigenvalue weighted by molar-refractivity contribution is 5.92. The van der Waals surface area contributed by atoms with E-state index in [0.717, 1.165) is 12.8 Å². The average Bonchev–Trinajstić information content (AvgIpc) is 2.96. The Morgan fingerprint density at radius 2 is 2.17 bits per heavy atom. The van der Waals surface area contributed by atoms with E-state index in [9.17, 15) is 4.79 Å². The van der Waals surface area contributed by atoms with Gasteiger partial charge in [-0.2, -0.15) is 0 Å². The zero-order valence-electron chi connectivity index (χ0n) is 10.2. The van der Waals surface area contributed by atoms with Crippen molar-refractivity contribution in [1.82, 2.24) is 5.32 Å². The highest BCUT2D eigenvalue weighted by Gasteiger charge is 2.14. The van der Waals surface area contributed by atoms with E-state index in [-0.39, 0.29) is 0 Å². The number of hydrogen-bond donors (Lipinski definition) is 3. The molecular weight excluding hydrogens is 232 g/mol. The topological polar surface area (TPSA) is 107 Å². The first-order valence-corrected chi connectivity index (χ1v) is 6.09. The third-order valence-corrected chi connectivity index (χ3v) is 3.05.